The second kappa shape index (κ2) is 4.59. The van der Waals surface area contributed by atoms with Crippen molar-refractivity contribution in [3.05, 3.63) is 30.2 Å². The van der Waals surface area contributed by atoms with Crippen LogP contribution in [0.3, 0.4) is 0 Å². The number of anilines is 1. The van der Waals surface area contributed by atoms with Crippen LogP contribution in [0.5, 0.6) is 0 Å². The number of aryl methyl sites for hydroxylation is 1. The first-order valence-corrected chi connectivity index (χ1v) is 8.21. The predicted octanol–water partition coefficient (Wildman–Crippen LogP) is 1.02. The number of rotatable bonds is 2. The number of carbonyl (C=O) groups excluding carboxylic acids is 1. The Morgan fingerprint density at radius 2 is 2.30 bits per heavy atom. The van der Waals surface area contributed by atoms with E-state index in [0.29, 0.717) is 12.1 Å². The van der Waals surface area contributed by atoms with Crippen LogP contribution in [0.4, 0.5) is 5.69 Å². The monoisotopic (exact) mass is 293 g/mol. The van der Waals surface area contributed by atoms with E-state index in [1.54, 1.807) is 18.6 Å². The zero-order valence-electron chi connectivity index (χ0n) is 11.0. The lowest BCUT2D eigenvalue weighted by Crippen LogP contribution is -2.23. The fourth-order valence-electron chi connectivity index (χ4n) is 2.52. The molecule has 1 fully saturated rings. The molecule has 20 heavy (non-hydrogen) atoms. The van der Waals surface area contributed by atoms with Crippen LogP contribution in [0.2, 0.25) is 0 Å². The van der Waals surface area contributed by atoms with Crippen LogP contribution in [0.1, 0.15) is 12.0 Å². The molecule has 1 N–H and O–H groups in total. The summed E-state index contributed by atoms with van der Waals surface area (Å²) in [4.78, 5) is 16.3. The number of nitrogens with zero attached hydrogens (tertiary/aromatic N) is 2. The van der Waals surface area contributed by atoms with E-state index in [4.69, 9.17) is 0 Å². The van der Waals surface area contributed by atoms with Crippen molar-refractivity contribution in [2.24, 2.45) is 5.92 Å². The zero-order chi connectivity index (χ0) is 14.3. The minimum Gasteiger partial charge on any atom is -0.324 e. The first-order valence-electron chi connectivity index (χ1n) is 6.39. The van der Waals surface area contributed by atoms with Crippen molar-refractivity contribution in [2.75, 3.05) is 16.8 Å². The summed E-state index contributed by atoms with van der Waals surface area (Å²) in [5.74, 6) is -0.626. The Morgan fingerprint density at radius 3 is 3.00 bits per heavy atom. The number of fused-ring (bicyclic) bond motifs is 1. The summed E-state index contributed by atoms with van der Waals surface area (Å²) in [6.45, 7) is 1.91. The van der Waals surface area contributed by atoms with Gasteiger partial charge < -0.3 is 9.72 Å². The van der Waals surface area contributed by atoms with Gasteiger partial charge in [0, 0.05) is 18.6 Å². The Hall–Kier alpha value is -1.89. The molecule has 6 nitrogen and oxygen atoms in total. The largest absolute Gasteiger partial charge is 0.324 e. The van der Waals surface area contributed by atoms with E-state index in [1.165, 1.54) is 0 Å². The number of sulfone groups is 1. The molecule has 2 aromatic heterocycles. The van der Waals surface area contributed by atoms with Gasteiger partial charge in [0.05, 0.1) is 23.1 Å². The standard InChI is InChI=1S/C13H15N3O3S/c1-9-6-11(7-16-4-3-14-12(9)16)15-13(17)10-2-5-20(18,19)8-10/h3-4,6-7,10H,2,5,8H2,1H3,(H,15,17). The smallest absolute Gasteiger partial charge is 0.228 e. The molecule has 1 aliphatic heterocycles. The van der Waals surface area contributed by atoms with Gasteiger partial charge in [-0.05, 0) is 25.0 Å². The van der Waals surface area contributed by atoms with Crippen LogP contribution >= 0.6 is 0 Å². The molecule has 1 saturated heterocycles. The van der Waals surface area contributed by atoms with Gasteiger partial charge in [-0.3, -0.25) is 4.79 Å². The number of amides is 1. The Balaban J connectivity index is 1.81. The van der Waals surface area contributed by atoms with Gasteiger partial charge in [-0.25, -0.2) is 13.4 Å². The zero-order valence-corrected chi connectivity index (χ0v) is 11.9. The second-order valence-electron chi connectivity index (χ2n) is 5.16. The molecule has 0 aromatic carbocycles. The van der Waals surface area contributed by atoms with E-state index in [0.717, 1.165) is 11.2 Å². The summed E-state index contributed by atoms with van der Waals surface area (Å²) in [6, 6.07) is 1.84. The highest BCUT2D eigenvalue weighted by Gasteiger charge is 2.32. The van der Waals surface area contributed by atoms with Gasteiger partial charge >= 0.3 is 0 Å². The highest BCUT2D eigenvalue weighted by molar-refractivity contribution is 7.91. The predicted molar refractivity (Wildman–Crippen MR) is 75.3 cm³/mol. The minimum absolute atomic E-state index is 0.0505. The van der Waals surface area contributed by atoms with Gasteiger partial charge in [0.2, 0.25) is 5.91 Å². The van der Waals surface area contributed by atoms with Crippen molar-refractivity contribution in [1.82, 2.24) is 9.38 Å². The molecular formula is C13H15N3O3S. The molecule has 1 aliphatic rings. The molecule has 0 saturated carbocycles. The third-order valence-corrected chi connectivity index (χ3v) is 5.31. The fourth-order valence-corrected chi connectivity index (χ4v) is 4.26. The van der Waals surface area contributed by atoms with E-state index in [2.05, 4.69) is 10.3 Å². The summed E-state index contributed by atoms with van der Waals surface area (Å²) in [5, 5.41) is 2.79. The van der Waals surface area contributed by atoms with E-state index >= 15 is 0 Å². The summed E-state index contributed by atoms with van der Waals surface area (Å²) in [5.41, 5.74) is 2.44. The van der Waals surface area contributed by atoms with E-state index in [1.807, 2.05) is 17.4 Å². The number of nitrogens with one attached hydrogen (secondary N) is 1. The molecule has 0 spiro atoms. The molecule has 1 amide bonds. The van der Waals surface area contributed by atoms with Crippen LogP contribution in [0.25, 0.3) is 5.65 Å². The van der Waals surface area contributed by atoms with E-state index in [9.17, 15) is 13.2 Å². The number of aromatic nitrogens is 2. The van der Waals surface area contributed by atoms with Crippen molar-refractivity contribution in [1.29, 1.82) is 0 Å². The number of pyridine rings is 1. The van der Waals surface area contributed by atoms with Crippen molar-refractivity contribution >= 4 is 27.1 Å². The number of hydrogen-bond acceptors (Lipinski definition) is 4. The van der Waals surface area contributed by atoms with Crippen LogP contribution in [0.15, 0.2) is 24.7 Å². The van der Waals surface area contributed by atoms with Gasteiger partial charge in [0.1, 0.15) is 5.65 Å². The fraction of sp³-hybridized carbons (Fsp3) is 0.385. The molecule has 0 aliphatic carbocycles. The van der Waals surface area contributed by atoms with Crippen LogP contribution in [-0.4, -0.2) is 35.2 Å². The first-order chi connectivity index (χ1) is 9.44. The van der Waals surface area contributed by atoms with Crippen molar-refractivity contribution < 1.29 is 13.2 Å². The van der Waals surface area contributed by atoms with Gasteiger partial charge in [0.25, 0.3) is 0 Å². The molecule has 1 unspecified atom stereocenters. The van der Waals surface area contributed by atoms with Crippen LogP contribution < -0.4 is 5.32 Å². The molecular weight excluding hydrogens is 278 g/mol. The number of hydrogen-bond donors (Lipinski definition) is 1. The Bertz CT molecular complexity index is 779. The first kappa shape index (κ1) is 13.1. The molecule has 2 aromatic rings. The number of carbonyl (C=O) groups is 1. The molecule has 106 valence electrons. The topological polar surface area (TPSA) is 80.5 Å². The van der Waals surface area contributed by atoms with Crippen LogP contribution in [0, 0.1) is 12.8 Å². The van der Waals surface area contributed by atoms with E-state index in [-0.39, 0.29) is 17.4 Å². The highest BCUT2D eigenvalue weighted by atomic mass is 32.2. The Kier molecular flexibility index (Phi) is 3.01. The average molecular weight is 293 g/mol. The minimum atomic E-state index is -3.04. The maximum Gasteiger partial charge on any atom is 0.228 e. The molecule has 7 heteroatoms. The van der Waals surface area contributed by atoms with Gasteiger partial charge in [0.15, 0.2) is 9.84 Å². The summed E-state index contributed by atoms with van der Waals surface area (Å²) >= 11 is 0. The molecule has 3 heterocycles. The Morgan fingerprint density at radius 1 is 1.50 bits per heavy atom. The maximum absolute atomic E-state index is 12.1. The quantitative estimate of drug-likeness (QED) is 0.896. The van der Waals surface area contributed by atoms with Crippen molar-refractivity contribution in [2.45, 2.75) is 13.3 Å². The lowest BCUT2D eigenvalue weighted by atomic mass is 10.1. The molecule has 0 bridgehead atoms. The van der Waals surface area contributed by atoms with Gasteiger partial charge in [-0.2, -0.15) is 0 Å². The van der Waals surface area contributed by atoms with Crippen molar-refractivity contribution in [3.63, 3.8) is 0 Å². The van der Waals surface area contributed by atoms with Crippen LogP contribution in [-0.2, 0) is 14.6 Å². The number of imidazole rings is 1. The third-order valence-electron chi connectivity index (χ3n) is 3.54. The van der Waals surface area contributed by atoms with Crippen molar-refractivity contribution in [3.8, 4) is 0 Å². The lowest BCUT2D eigenvalue weighted by molar-refractivity contribution is -0.119. The third kappa shape index (κ3) is 2.40. The molecule has 3 rings (SSSR count). The van der Waals surface area contributed by atoms with Gasteiger partial charge in [-0.1, -0.05) is 0 Å². The van der Waals surface area contributed by atoms with Gasteiger partial charge in [-0.15, -0.1) is 0 Å². The second-order valence-corrected chi connectivity index (χ2v) is 7.39. The normalized spacial score (nSPS) is 21.1. The van der Waals surface area contributed by atoms with E-state index < -0.39 is 15.8 Å². The molecule has 1 atom stereocenters. The maximum atomic E-state index is 12.1. The Labute approximate surface area is 116 Å². The lowest BCUT2D eigenvalue weighted by Gasteiger charge is -2.10. The summed E-state index contributed by atoms with van der Waals surface area (Å²) < 4.78 is 24.6. The summed E-state index contributed by atoms with van der Waals surface area (Å²) in [7, 11) is -3.04. The molecule has 0 radical (unpaired) electrons. The SMILES string of the molecule is Cc1cc(NC(=O)C2CCS(=O)(=O)C2)cn2ccnc12. The summed E-state index contributed by atoms with van der Waals surface area (Å²) in [6.07, 6.45) is 5.67. The highest BCUT2D eigenvalue weighted by Crippen LogP contribution is 2.21. The average Bonchev–Trinajstić information content (AvgIpc) is 2.95.